The van der Waals surface area contributed by atoms with Gasteiger partial charge in [-0.05, 0) is 0 Å². The summed E-state index contributed by atoms with van der Waals surface area (Å²) in [4.78, 5) is 9.85. The molecule has 4 heteroatoms. The molecule has 0 unspecified atom stereocenters. The van der Waals surface area contributed by atoms with Gasteiger partial charge in [-0.2, -0.15) is 0 Å². The Hall–Kier alpha value is 0.330. The van der Waals surface area contributed by atoms with Gasteiger partial charge in [-0.3, -0.25) is 0 Å². The second kappa shape index (κ2) is 5.47. The number of hydrogen-bond acceptors (Lipinski definition) is 1. The Bertz CT molecular complexity index is 116. The first-order valence-electron chi connectivity index (χ1n) is 2.30. The third kappa shape index (κ3) is 6.33. The topological polar surface area (TPSA) is 37.3 Å². The van der Waals surface area contributed by atoms with Gasteiger partial charge in [0.1, 0.15) is 0 Å². The molecule has 0 aromatic heterocycles. The molecular formula is C4H7O2P2+. The molecule has 0 heterocycles. The van der Waals surface area contributed by atoms with Crippen molar-refractivity contribution in [3.8, 4) is 0 Å². The van der Waals surface area contributed by atoms with Crippen LogP contribution in [-0.2, 0) is 4.79 Å². The van der Waals surface area contributed by atoms with E-state index in [1.807, 2.05) is 0 Å². The molecule has 0 spiro atoms. The van der Waals surface area contributed by atoms with Crippen LogP contribution in [0.4, 0.5) is 0 Å². The molecule has 8 heavy (non-hydrogen) atoms. The van der Waals surface area contributed by atoms with E-state index in [-0.39, 0.29) is 6.42 Å². The van der Waals surface area contributed by atoms with Crippen LogP contribution in [0.5, 0.6) is 0 Å². The van der Waals surface area contributed by atoms with Crippen molar-refractivity contribution in [3.05, 3.63) is 0 Å². The van der Waals surface area contributed by atoms with E-state index in [1.165, 1.54) is 0 Å². The van der Waals surface area contributed by atoms with Crippen LogP contribution < -0.4 is 0 Å². The Morgan fingerprint density at radius 1 is 1.75 bits per heavy atom. The fraction of sp³-hybridized carbons (Fsp3) is 0.750. The molecular weight excluding hydrogens is 142 g/mol. The maximum atomic E-state index is 9.85. The molecule has 0 saturated heterocycles. The van der Waals surface area contributed by atoms with E-state index in [0.717, 1.165) is 20.3 Å². The van der Waals surface area contributed by atoms with E-state index >= 15 is 0 Å². The fourth-order valence-corrected chi connectivity index (χ4v) is 1.02. The van der Waals surface area contributed by atoms with Crippen molar-refractivity contribution in [2.45, 2.75) is 12.8 Å². The molecule has 0 rings (SSSR count). The van der Waals surface area contributed by atoms with E-state index < -0.39 is 5.97 Å². The molecule has 0 aliphatic carbocycles. The summed E-state index contributed by atoms with van der Waals surface area (Å²) in [5.74, 6) is -0.720. The van der Waals surface area contributed by atoms with Gasteiger partial charge in [-0.1, -0.05) is 0 Å². The van der Waals surface area contributed by atoms with E-state index in [4.69, 9.17) is 5.11 Å². The average molecular weight is 149 g/mol. The number of aliphatic carboxylic acids is 1. The molecule has 0 aromatic carbocycles. The summed E-state index contributed by atoms with van der Waals surface area (Å²) >= 11 is 0. The van der Waals surface area contributed by atoms with Crippen molar-refractivity contribution >= 4 is 22.0 Å². The van der Waals surface area contributed by atoms with E-state index in [9.17, 15) is 4.79 Å². The van der Waals surface area contributed by atoms with E-state index in [1.54, 1.807) is 0 Å². The van der Waals surface area contributed by atoms with Gasteiger partial charge < -0.3 is 0 Å². The molecule has 0 saturated carbocycles. The maximum absolute atomic E-state index is 9.85. The Morgan fingerprint density at radius 3 is 2.75 bits per heavy atom. The molecule has 44 valence electrons. The minimum atomic E-state index is -0.720. The van der Waals surface area contributed by atoms with Crippen molar-refractivity contribution in [3.63, 3.8) is 0 Å². The Kier molecular flexibility index (Phi) is 5.69. The van der Waals surface area contributed by atoms with Gasteiger partial charge in [0.05, 0.1) is 0 Å². The van der Waals surface area contributed by atoms with Crippen LogP contribution in [0, 0.1) is 0 Å². The van der Waals surface area contributed by atoms with Crippen LogP contribution in [0.3, 0.4) is 0 Å². The van der Waals surface area contributed by atoms with Crippen molar-refractivity contribution in [1.82, 2.24) is 0 Å². The molecule has 0 radical (unpaired) electrons. The number of carbonyl (C=O) groups is 1. The first-order chi connectivity index (χ1) is 3.77. The fourth-order valence-electron chi connectivity index (χ4n) is 0.301. The number of hydrogen-bond donors (Lipinski definition) is 1. The van der Waals surface area contributed by atoms with Crippen LogP contribution in [-0.4, -0.2) is 17.2 Å². The number of carboxylic acids is 1. The molecule has 0 aliphatic heterocycles. The van der Waals surface area contributed by atoms with Crippen LogP contribution in [0.2, 0.25) is 0 Å². The van der Waals surface area contributed by atoms with E-state index in [2.05, 4.69) is 8.34 Å². The van der Waals surface area contributed by atoms with Crippen molar-refractivity contribution in [1.29, 1.82) is 0 Å². The van der Waals surface area contributed by atoms with Crippen LogP contribution in [0.25, 0.3) is 0 Å². The van der Waals surface area contributed by atoms with Gasteiger partial charge in [0.25, 0.3) is 0 Å². The summed E-state index contributed by atoms with van der Waals surface area (Å²) in [6.45, 7) is 0. The summed E-state index contributed by atoms with van der Waals surface area (Å²) in [5.41, 5.74) is 0. The quantitative estimate of drug-likeness (QED) is 0.492. The number of rotatable bonds is 3. The van der Waals surface area contributed by atoms with Crippen molar-refractivity contribution in [2.24, 2.45) is 0 Å². The van der Waals surface area contributed by atoms with Gasteiger partial charge >= 0.3 is 50.9 Å². The molecule has 0 fully saturated rings. The molecule has 1 N–H and O–H groups in total. The predicted molar refractivity (Wildman–Crippen MR) is 35.6 cm³/mol. The zero-order chi connectivity index (χ0) is 6.41. The van der Waals surface area contributed by atoms with Gasteiger partial charge in [0.15, 0.2) is 0 Å². The monoisotopic (exact) mass is 149 g/mol. The molecule has 0 amide bonds. The second-order valence-corrected chi connectivity index (χ2v) is 2.94. The van der Waals surface area contributed by atoms with Crippen LogP contribution in [0.1, 0.15) is 12.8 Å². The first kappa shape index (κ1) is 8.33. The predicted octanol–water partition coefficient (Wildman–Crippen LogP) is 2.12. The first-order valence-corrected chi connectivity index (χ1v) is 4.53. The molecule has 0 bridgehead atoms. The zero-order valence-electron chi connectivity index (χ0n) is 4.37. The third-order valence-electron chi connectivity index (χ3n) is 0.649. The Balaban J connectivity index is 2.97. The molecule has 0 atom stereocenters. The Morgan fingerprint density at radius 2 is 2.38 bits per heavy atom. The summed E-state index contributed by atoms with van der Waals surface area (Å²) in [6, 6.07) is 0. The molecule has 0 aliphatic rings. The van der Waals surface area contributed by atoms with Gasteiger partial charge in [0, 0.05) is 0 Å². The Labute approximate surface area is 51.8 Å². The van der Waals surface area contributed by atoms with Crippen LogP contribution >= 0.6 is 16.0 Å². The minimum absolute atomic E-state index is 0.271. The zero-order valence-corrected chi connectivity index (χ0v) is 6.16. The molecule has 2 nitrogen and oxygen atoms in total. The SMILES string of the molecule is O=C(O)CCC[P+]#P. The summed E-state index contributed by atoms with van der Waals surface area (Å²) < 4.78 is 0. The van der Waals surface area contributed by atoms with E-state index in [0.29, 0.717) is 0 Å². The van der Waals surface area contributed by atoms with Crippen LogP contribution in [0.15, 0.2) is 0 Å². The summed E-state index contributed by atoms with van der Waals surface area (Å²) in [7, 11) is 4.88. The van der Waals surface area contributed by atoms with Gasteiger partial charge in [0.2, 0.25) is 0 Å². The van der Waals surface area contributed by atoms with Gasteiger partial charge in [-0.25, -0.2) is 0 Å². The molecule has 0 aromatic rings. The third-order valence-corrected chi connectivity index (χ3v) is 1.76. The van der Waals surface area contributed by atoms with Crippen molar-refractivity contribution in [2.75, 3.05) is 6.16 Å². The summed E-state index contributed by atoms with van der Waals surface area (Å²) in [5, 5.41) is 8.11. The van der Waals surface area contributed by atoms with Gasteiger partial charge in [-0.15, -0.1) is 0 Å². The normalized spacial score (nSPS) is 8.38. The average Bonchev–Trinajstić information content (AvgIpc) is 1.66. The number of carboxylic acid groups (broad SMARTS) is 1. The summed E-state index contributed by atoms with van der Waals surface area (Å²) in [6.07, 6.45) is 1.88. The second-order valence-electron chi connectivity index (χ2n) is 1.36. The van der Waals surface area contributed by atoms with Crippen molar-refractivity contribution < 1.29 is 9.90 Å². The standard InChI is InChI=1S/C4H6O2P2/c5-4(6)2-1-3-8-7/h1-3H2/p+1.